The predicted molar refractivity (Wildman–Crippen MR) is 83.2 cm³/mol. The largest absolute Gasteiger partial charge is 0.365 e. The summed E-state index contributed by atoms with van der Waals surface area (Å²) in [5.74, 6) is 0.344. The molecule has 0 amide bonds. The third-order valence-corrected chi connectivity index (χ3v) is 4.21. The van der Waals surface area contributed by atoms with Gasteiger partial charge in [-0.15, -0.1) is 11.6 Å². The van der Waals surface area contributed by atoms with E-state index in [-0.39, 0.29) is 18.0 Å². The second-order valence-corrected chi connectivity index (χ2v) is 5.93. The van der Waals surface area contributed by atoms with Crippen molar-refractivity contribution in [3.05, 3.63) is 70.5 Å². The molecule has 2 atom stereocenters. The highest BCUT2D eigenvalue weighted by molar-refractivity contribution is 6.17. The van der Waals surface area contributed by atoms with Gasteiger partial charge in [-0.1, -0.05) is 35.9 Å². The van der Waals surface area contributed by atoms with Gasteiger partial charge in [0.25, 0.3) is 0 Å². The summed E-state index contributed by atoms with van der Waals surface area (Å²) in [5.41, 5.74) is 4.81. The molecule has 3 rings (SSSR count). The lowest BCUT2D eigenvalue weighted by molar-refractivity contribution is -0.0288. The van der Waals surface area contributed by atoms with Crippen molar-refractivity contribution in [1.82, 2.24) is 0 Å². The maximum Gasteiger partial charge on any atom is 0.123 e. The average Bonchev–Trinajstić information content (AvgIpc) is 2.47. The van der Waals surface area contributed by atoms with E-state index in [1.54, 1.807) is 12.1 Å². The van der Waals surface area contributed by atoms with Crippen LogP contribution in [0.25, 0.3) is 0 Å². The molecule has 0 fully saturated rings. The fourth-order valence-electron chi connectivity index (χ4n) is 2.94. The van der Waals surface area contributed by atoms with Gasteiger partial charge < -0.3 is 4.74 Å². The van der Waals surface area contributed by atoms with Crippen molar-refractivity contribution >= 4 is 11.6 Å². The Hall–Kier alpha value is -1.38. The monoisotopic (exact) mass is 304 g/mol. The molecule has 110 valence electrons. The van der Waals surface area contributed by atoms with Crippen LogP contribution < -0.4 is 0 Å². The van der Waals surface area contributed by atoms with Gasteiger partial charge in [-0.2, -0.15) is 0 Å². The van der Waals surface area contributed by atoms with Gasteiger partial charge in [0.2, 0.25) is 0 Å². The second kappa shape index (κ2) is 6.17. The van der Waals surface area contributed by atoms with Crippen LogP contribution in [-0.4, -0.2) is 5.88 Å². The number of halogens is 2. The number of hydrogen-bond acceptors (Lipinski definition) is 1. The summed E-state index contributed by atoms with van der Waals surface area (Å²) in [4.78, 5) is 0. The number of aryl methyl sites for hydroxylation is 1. The molecule has 2 aromatic carbocycles. The minimum absolute atomic E-state index is 0.0157. The highest BCUT2D eigenvalue weighted by atomic mass is 35.5. The van der Waals surface area contributed by atoms with Gasteiger partial charge in [0.05, 0.1) is 12.2 Å². The smallest absolute Gasteiger partial charge is 0.123 e. The molecule has 0 radical (unpaired) electrons. The maximum absolute atomic E-state index is 13.1. The van der Waals surface area contributed by atoms with Gasteiger partial charge in [0.15, 0.2) is 0 Å². The molecule has 2 aromatic rings. The van der Waals surface area contributed by atoms with Crippen molar-refractivity contribution in [2.24, 2.45) is 0 Å². The summed E-state index contributed by atoms with van der Waals surface area (Å²) in [6.07, 6.45) is 1.59. The van der Waals surface area contributed by atoms with Crippen molar-refractivity contribution in [3.63, 3.8) is 0 Å². The van der Waals surface area contributed by atoms with Crippen LogP contribution in [-0.2, 0) is 11.2 Å². The summed E-state index contributed by atoms with van der Waals surface area (Å²) in [6, 6.07) is 13.1. The van der Waals surface area contributed by atoms with Gasteiger partial charge in [-0.3, -0.25) is 0 Å². The molecule has 1 aliphatic heterocycles. The van der Waals surface area contributed by atoms with Crippen LogP contribution >= 0.6 is 11.6 Å². The van der Waals surface area contributed by atoms with Crippen molar-refractivity contribution in [2.75, 3.05) is 5.88 Å². The van der Waals surface area contributed by atoms with Gasteiger partial charge >= 0.3 is 0 Å². The lowest BCUT2D eigenvalue weighted by Crippen LogP contribution is -2.21. The molecule has 1 aliphatic rings. The Morgan fingerprint density at radius 2 is 1.95 bits per heavy atom. The fraction of sp³-hybridized carbons (Fsp3) is 0.333. The summed E-state index contributed by atoms with van der Waals surface area (Å²) < 4.78 is 19.3. The van der Waals surface area contributed by atoms with E-state index in [9.17, 15) is 4.39 Å². The molecule has 1 heterocycles. The van der Waals surface area contributed by atoms with E-state index >= 15 is 0 Å². The zero-order valence-corrected chi connectivity index (χ0v) is 12.7. The van der Waals surface area contributed by atoms with Crippen LogP contribution in [0.5, 0.6) is 0 Å². The molecule has 0 spiro atoms. The second-order valence-electron chi connectivity index (χ2n) is 5.55. The Labute approximate surface area is 129 Å². The molecule has 0 N–H and O–H groups in total. The summed E-state index contributed by atoms with van der Waals surface area (Å²) in [5, 5.41) is 0. The minimum Gasteiger partial charge on any atom is -0.365 e. The Bertz CT molecular complexity index is 624. The highest BCUT2D eigenvalue weighted by Crippen LogP contribution is 2.39. The van der Waals surface area contributed by atoms with Gasteiger partial charge in [0, 0.05) is 12.3 Å². The van der Waals surface area contributed by atoms with E-state index in [0.29, 0.717) is 5.88 Å². The van der Waals surface area contributed by atoms with Crippen LogP contribution in [0.1, 0.15) is 40.9 Å². The number of fused-ring (bicyclic) bond motifs is 1. The normalized spacial score (nSPS) is 21.1. The van der Waals surface area contributed by atoms with Crippen molar-refractivity contribution in [3.8, 4) is 0 Å². The van der Waals surface area contributed by atoms with Crippen LogP contribution in [0.3, 0.4) is 0 Å². The predicted octanol–water partition coefficient (Wildman–Crippen LogP) is 5.12. The molecular formula is C18H18ClFO. The van der Waals surface area contributed by atoms with Crippen molar-refractivity contribution < 1.29 is 9.13 Å². The van der Waals surface area contributed by atoms with Crippen LogP contribution in [0.4, 0.5) is 4.39 Å². The molecular weight excluding hydrogens is 287 g/mol. The molecule has 0 saturated heterocycles. The number of alkyl halides is 1. The van der Waals surface area contributed by atoms with Crippen LogP contribution in [0.2, 0.25) is 0 Å². The van der Waals surface area contributed by atoms with Gasteiger partial charge in [-0.25, -0.2) is 4.39 Å². The van der Waals surface area contributed by atoms with Crippen molar-refractivity contribution in [1.29, 1.82) is 0 Å². The summed E-state index contributed by atoms with van der Waals surface area (Å²) in [7, 11) is 0. The zero-order chi connectivity index (χ0) is 14.8. The number of benzene rings is 2. The van der Waals surface area contributed by atoms with E-state index in [1.165, 1.54) is 28.8 Å². The topological polar surface area (TPSA) is 9.23 Å². The lowest BCUT2D eigenvalue weighted by Gasteiger charge is -2.32. The highest BCUT2D eigenvalue weighted by Gasteiger charge is 2.28. The molecule has 0 bridgehead atoms. The molecule has 21 heavy (non-hydrogen) atoms. The first-order valence-electron chi connectivity index (χ1n) is 7.23. The van der Waals surface area contributed by atoms with E-state index in [0.717, 1.165) is 18.4 Å². The van der Waals surface area contributed by atoms with Crippen molar-refractivity contribution in [2.45, 2.75) is 32.0 Å². The first kappa shape index (κ1) is 14.6. The first-order chi connectivity index (χ1) is 10.2. The Kier molecular flexibility index (Phi) is 4.27. The quantitative estimate of drug-likeness (QED) is 0.715. The Morgan fingerprint density at radius 1 is 1.19 bits per heavy atom. The maximum atomic E-state index is 13.1. The summed E-state index contributed by atoms with van der Waals surface area (Å²) in [6.45, 7) is 2.10. The SMILES string of the molecule is Cc1ccc2c(c1)CC(c1ccc(F)cc1)OC2CCCl. The molecule has 2 unspecified atom stereocenters. The zero-order valence-electron chi connectivity index (χ0n) is 12.0. The van der Waals surface area contributed by atoms with E-state index in [1.807, 2.05) is 0 Å². The number of hydrogen-bond donors (Lipinski definition) is 0. The lowest BCUT2D eigenvalue weighted by atomic mass is 9.89. The van der Waals surface area contributed by atoms with E-state index < -0.39 is 0 Å². The number of ether oxygens (including phenoxy) is 1. The first-order valence-corrected chi connectivity index (χ1v) is 7.77. The molecule has 0 aliphatic carbocycles. The van der Waals surface area contributed by atoms with Gasteiger partial charge in [0.1, 0.15) is 5.82 Å². The van der Waals surface area contributed by atoms with Gasteiger partial charge in [-0.05, 0) is 42.2 Å². The third-order valence-electron chi connectivity index (χ3n) is 3.99. The standard InChI is InChI=1S/C18H18ClFO/c1-12-2-7-16-14(10-12)11-18(21-17(16)8-9-19)13-3-5-15(20)6-4-13/h2-7,10,17-18H,8-9,11H2,1H3. The third kappa shape index (κ3) is 3.12. The van der Waals surface area contributed by atoms with E-state index in [4.69, 9.17) is 16.3 Å². The molecule has 0 saturated carbocycles. The Balaban J connectivity index is 1.94. The molecule has 1 nitrogen and oxygen atoms in total. The average molecular weight is 305 g/mol. The fourth-order valence-corrected chi connectivity index (χ4v) is 3.14. The summed E-state index contributed by atoms with van der Waals surface area (Å²) >= 11 is 5.92. The van der Waals surface area contributed by atoms with E-state index in [2.05, 4.69) is 25.1 Å². The number of rotatable bonds is 3. The van der Waals surface area contributed by atoms with Crippen LogP contribution in [0, 0.1) is 12.7 Å². The molecule has 0 aromatic heterocycles. The Morgan fingerprint density at radius 3 is 2.67 bits per heavy atom. The minimum atomic E-state index is -0.219. The molecule has 3 heteroatoms. The van der Waals surface area contributed by atoms with Crippen LogP contribution in [0.15, 0.2) is 42.5 Å².